The molecule has 1 fully saturated rings. The van der Waals surface area contributed by atoms with E-state index >= 15 is 0 Å². The van der Waals surface area contributed by atoms with Gasteiger partial charge in [-0.15, -0.1) is 0 Å². The highest BCUT2D eigenvalue weighted by atomic mass is 15.2. The Balaban J connectivity index is 1.56. The first-order valence-electron chi connectivity index (χ1n) is 8.68. The lowest BCUT2D eigenvalue weighted by molar-refractivity contribution is 0.233. The predicted molar refractivity (Wildman–Crippen MR) is 102 cm³/mol. The topological polar surface area (TPSA) is 46.3 Å². The summed E-state index contributed by atoms with van der Waals surface area (Å²) >= 11 is 0. The molecule has 1 aromatic heterocycles. The maximum atomic E-state index is 4.12. The van der Waals surface area contributed by atoms with Crippen molar-refractivity contribution in [2.75, 3.05) is 39.1 Å². The minimum absolute atomic E-state index is 0.495. The summed E-state index contributed by atoms with van der Waals surface area (Å²) in [6.07, 6.45) is 2.46. The van der Waals surface area contributed by atoms with Gasteiger partial charge in [-0.3, -0.25) is 0 Å². The number of nitrogens with zero attached hydrogens (tertiary/aromatic N) is 2. The number of piperidine rings is 1. The minimum atomic E-state index is 0.495. The van der Waals surface area contributed by atoms with Crippen molar-refractivity contribution in [2.24, 2.45) is 0 Å². The lowest BCUT2D eigenvalue weighted by atomic mass is 10.1. The summed E-state index contributed by atoms with van der Waals surface area (Å²) in [5.41, 5.74) is 3.56. The van der Waals surface area contributed by atoms with E-state index in [0.717, 1.165) is 18.9 Å². The maximum absolute atomic E-state index is 4.12. The quantitative estimate of drug-likeness (QED) is 0.763. The number of nitrogens with one attached hydrogen (secondary N) is 3. The molecule has 0 radical (unpaired) electrons. The SMILES string of the molecule is C=C(NCc1cc2cc(N(C)C)ccc2[nH]1)NC1CCCN(C)C1. The Morgan fingerprint density at radius 3 is 2.96 bits per heavy atom. The Hall–Kier alpha value is -2.14. The molecule has 24 heavy (non-hydrogen) atoms. The lowest BCUT2D eigenvalue weighted by Gasteiger charge is -2.31. The number of rotatable bonds is 6. The highest BCUT2D eigenvalue weighted by molar-refractivity contribution is 5.84. The first-order chi connectivity index (χ1) is 11.5. The van der Waals surface area contributed by atoms with Crippen LogP contribution in [0.4, 0.5) is 5.69 Å². The Bertz CT molecular complexity index is 703. The number of H-pyrrole nitrogens is 1. The Kier molecular flexibility index (Phi) is 5.00. The van der Waals surface area contributed by atoms with Crippen LogP contribution in [0.2, 0.25) is 0 Å². The molecule has 0 aliphatic carbocycles. The van der Waals surface area contributed by atoms with Gasteiger partial charge in [0.25, 0.3) is 0 Å². The predicted octanol–water partition coefficient (Wildman–Crippen LogP) is 2.48. The highest BCUT2D eigenvalue weighted by Gasteiger charge is 2.16. The zero-order valence-corrected chi connectivity index (χ0v) is 15.0. The number of benzene rings is 1. The summed E-state index contributed by atoms with van der Waals surface area (Å²) in [5.74, 6) is 0.905. The summed E-state index contributed by atoms with van der Waals surface area (Å²) in [5, 5.41) is 8.14. The first kappa shape index (κ1) is 16.7. The van der Waals surface area contributed by atoms with Gasteiger partial charge in [-0.05, 0) is 50.7 Å². The van der Waals surface area contributed by atoms with E-state index in [1.165, 1.54) is 41.7 Å². The van der Waals surface area contributed by atoms with Gasteiger partial charge in [0.1, 0.15) is 0 Å². The van der Waals surface area contributed by atoms with E-state index in [-0.39, 0.29) is 0 Å². The van der Waals surface area contributed by atoms with Crippen LogP contribution < -0.4 is 15.5 Å². The van der Waals surface area contributed by atoms with E-state index in [9.17, 15) is 0 Å². The number of fused-ring (bicyclic) bond motifs is 1. The first-order valence-corrected chi connectivity index (χ1v) is 8.68. The molecule has 1 aliphatic heterocycles. The minimum Gasteiger partial charge on any atom is -0.378 e. The van der Waals surface area contributed by atoms with Crippen molar-refractivity contribution >= 4 is 16.6 Å². The lowest BCUT2D eigenvalue weighted by Crippen LogP contribution is -2.45. The molecule has 130 valence electrons. The fourth-order valence-corrected chi connectivity index (χ4v) is 3.34. The van der Waals surface area contributed by atoms with Crippen LogP contribution in [0, 0.1) is 0 Å². The van der Waals surface area contributed by atoms with Gasteiger partial charge in [0, 0.05) is 49.0 Å². The Morgan fingerprint density at radius 2 is 2.21 bits per heavy atom. The molecule has 0 bridgehead atoms. The van der Waals surface area contributed by atoms with Crippen LogP contribution in [0.1, 0.15) is 18.5 Å². The molecule has 1 atom stereocenters. The number of aromatic nitrogens is 1. The third-order valence-electron chi connectivity index (χ3n) is 4.67. The van der Waals surface area contributed by atoms with Crippen LogP contribution in [-0.4, -0.2) is 50.2 Å². The molecule has 2 aromatic rings. The molecule has 3 rings (SSSR count). The number of hydrogen-bond donors (Lipinski definition) is 3. The zero-order chi connectivity index (χ0) is 17.1. The van der Waals surface area contributed by atoms with E-state index < -0.39 is 0 Å². The summed E-state index contributed by atoms with van der Waals surface area (Å²) in [6, 6.07) is 9.18. The van der Waals surface area contributed by atoms with Gasteiger partial charge in [0.15, 0.2) is 0 Å². The fourth-order valence-electron chi connectivity index (χ4n) is 3.34. The maximum Gasteiger partial charge on any atom is 0.0918 e. The highest BCUT2D eigenvalue weighted by Crippen LogP contribution is 2.21. The smallest absolute Gasteiger partial charge is 0.0918 e. The third kappa shape index (κ3) is 4.03. The number of hydrogen-bond acceptors (Lipinski definition) is 4. The van der Waals surface area contributed by atoms with Gasteiger partial charge >= 0.3 is 0 Å². The van der Waals surface area contributed by atoms with Gasteiger partial charge in [0.2, 0.25) is 0 Å². The fraction of sp³-hybridized carbons (Fsp3) is 0.474. The van der Waals surface area contributed by atoms with E-state index in [2.05, 4.69) is 77.4 Å². The van der Waals surface area contributed by atoms with Crippen LogP contribution >= 0.6 is 0 Å². The normalized spacial score (nSPS) is 18.5. The zero-order valence-electron chi connectivity index (χ0n) is 15.0. The van der Waals surface area contributed by atoms with Crippen molar-refractivity contribution in [1.29, 1.82) is 0 Å². The van der Waals surface area contributed by atoms with Crippen LogP contribution in [0.5, 0.6) is 0 Å². The molecule has 3 N–H and O–H groups in total. The van der Waals surface area contributed by atoms with Crippen molar-refractivity contribution in [3.05, 3.63) is 42.4 Å². The molecule has 0 amide bonds. The van der Waals surface area contributed by atoms with Crippen LogP contribution in [0.15, 0.2) is 36.7 Å². The van der Waals surface area contributed by atoms with E-state index in [0.29, 0.717) is 6.04 Å². The second-order valence-corrected chi connectivity index (χ2v) is 7.04. The summed E-state index contributed by atoms with van der Waals surface area (Å²) in [6.45, 7) is 7.15. The van der Waals surface area contributed by atoms with Gasteiger partial charge in [0.05, 0.1) is 12.4 Å². The molecule has 1 unspecified atom stereocenters. The number of likely N-dealkylation sites (tertiary alicyclic amines) is 1. The largest absolute Gasteiger partial charge is 0.378 e. The number of aromatic amines is 1. The molecule has 5 heteroatoms. The molecule has 1 saturated heterocycles. The van der Waals surface area contributed by atoms with Crippen LogP contribution in [0.25, 0.3) is 10.9 Å². The van der Waals surface area contributed by atoms with E-state index in [1.807, 2.05) is 0 Å². The standard InChI is InChI=1S/C19H29N5/c1-14(21-16-6-5-9-24(4)13-16)20-12-17-10-15-11-18(23(2)3)7-8-19(15)22-17/h7-8,10-11,16,20-22H,1,5-6,9,12-13H2,2-4H3. The van der Waals surface area contributed by atoms with Crippen LogP contribution in [0.3, 0.4) is 0 Å². The van der Waals surface area contributed by atoms with Crippen LogP contribution in [-0.2, 0) is 6.54 Å². The second kappa shape index (κ2) is 7.18. The molecule has 2 heterocycles. The van der Waals surface area contributed by atoms with Crippen molar-refractivity contribution in [3.63, 3.8) is 0 Å². The van der Waals surface area contributed by atoms with E-state index in [1.54, 1.807) is 0 Å². The summed E-state index contributed by atoms with van der Waals surface area (Å²) in [7, 11) is 6.31. The van der Waals surface area contributed by atoms with Crippen molar-refractivity contribution in [1.82, 2.24) is 20.5 Å². The third-order valence-corrected chi connectivity index (χ3v) is 4.67. The molecule has 5 nitrogen and oxygen atoms in total. The molecule has 1 aliphatic rings. The Morgan fingerprint density at radius 1 is 1.38 bits per heavy atom. The monoisotopic (exact) mass is 327 g/mol. The van der Waals surface area contributed by atoms with Gasteiger partial charge in [-0.1, -0.05) is 6.58 Å². The average molecular weight is 327 g/mol. The number of anilines is 1. The molecular weight excluding hydrogens is 298 g/mol. The van der Waals surface area contributed by atoms with Crippen molar-refractivity contribution < 1.29 is 0 Å². The van der Waals surface area contributed by atoms with Gasteiger partial charge in [-0.2, -0.15) is 0 Å². The molecule has 1 aromatic carbocycles. The van der Waals surface area contributed by atoms with Gasteiger partial charge in [-0.25, -0.2) is 0 Å². The number of likely N-dealkylation sites (N-methyl/N-ethyl adjacent to an activating group) is 1. The van der Waals surface area contributed by atoms with Gasteiger partial charge < -0.3 is 25.4 Å². The summed E-state index contributed by atoms with van der Waals surface area (Å²) < 4.78 is 0. The summed E-state index contributed by atoms with van der Waals surface area (Å²) in [4.78, 5) is 7.96. The Labute approximate surface area is 144 Å². The van der Waals surface area contributed by atoms with Crippen molar-refractivity contribution in [2.45, 2.75) is 25.4 Å². The van der Waals surface area contributed by atoms with Crippen molar-refractivity contribution in [3.8, 4) is 0 Å². The molecule has 0 saturated carbocycles. The molecular formula is C19H29N5. The average Bonchev–Trinajstić information content (AvgIpc) is 2.95. The molecule has 0 spiro atoms. The van der Waals surface area contributed by atoms with E-state index in [4.69, 9.17) is 0 Å². The second-order valence-electron chi connectivity index (χ2n) is 7.04.